The Hall–Kier alpha value is -6.54. The lowest BCUT2D eigenvalue weighted by molar-refractivity contribution is 0.661. The van der Waals surface area contributed by atoms with E-state index in [9.17, 15) is 0 Å². The van der Waals surface area contributed by atoms with Crippen molar-refractivity contribution in [1.82, 2.24) is 0 Å². The van der Waals surface area contributed by atoms with E-state index in [0.29, 0.717) is 0 Å². The molecule has 0 atom stereocenters. The molecule has 0 N–H and O–H groups in total. The molecule has 0 unspecified atom stereocenters. The minimum absolute atomic E-state index is 0.110. The van der Waals surface area contributed by atoms with Crippen molar-refractivity contribution >= 4 is 74.6 Å². The first-order chi connectivity index (χ1) is 27.5. The van der Waals surface area contributed by atoms with Crippen molar-refractivity contribution in [3.63, 3.8) is 0 Å². The molecule has 0 radical (unpaired) electrons. The summed E-state index contributed by atoms with van der Waals surface area (Å²) >= 11 is 1.95. The third kappa shape index (κ3) is 4.41. The third-order valence-electron chi connectivity index (χ3n) is 12.6. The number of thiophene rings is 1. The predicted octanol–water partition coefficient (Wildman–Crippen LogP) is 16.0. The van der Waals surface area contributed by atoms with Crippen molar-refractivity contribution in [3.05, 3.63) is 193 Å². The van der Waals surface area contributed by atoms with Crippen LogP contribution in [-0.2, 0) is 5.41 Å². The highest BCUT2D eigenvalue weighted by atomic mass is 32.1. The van der Waals surface area contributed by atoms with Crippen molar-refractivity contribution in [2.24, 2.45) is 0 Å². The van der Waals surface area contributed by atoms with Crippen LogP contribution in [0.2, 0.25) is 0 Å². The van der Waals surface area contributed by atoms with Crippen molar-refractivity contribution in [1.29, 1.82) is 0 Å². The zero-order valence-electron chi connectivity index (χ0n) is 31.2. The first kappa shape index (κ1) is 31.8. The second kappa shape index (κ2) is 11.7. The predicted molar refractivity (Wildman–Crippen MR) is 243 cm³/mol. The molecular weight excluding hydrogens is 693 g/mol. The van der Waals surface area contributed by atoms with Gasteiger partial charge in [0.1, 0.15) is 0 Å². The van der Waals surface area contributed by atoms with Gasteiger partial charge in [-0.2, -0.15) is 0 Å². The minimum Gasteiger partial charge on any atom is -0.134 e. The number of hydrogen-bond donors (Lipinski definition) is 0. The standard InChI is InChI=1S/C55H36S/c1-55(2)46-23-13-12-22-44(46)53-47(55)32-45-52-39-17-7-6-14-33(39)28-29-48(52)56-54(45)51(53)38-27-25-35-30-37(26-24-36(35)31-38)50-42-20-10-8-18-40(42)49(34-15-4-3-5-16-34)41-19-9-11-21-43(41)50/h3-32H,1-2H3. The molecule has 0 saturated carbocycles. The van der Waals surface area contributed by atoms with Crippen molar-refractivity contribution < 1.29 is 0 Å². The molecule has 0 nitrogen and oxygen atoms in total. The molecule has 262 valence electrons. The van der Waals surface area contributed by atoms with E-state index in [4.69, 9.17) is 0 Å². The highest BCUT2D eigenvalue weighted by Gasteiger charge is 2.38. The van der Waals surface area contributed by atoms with Gasteiger partial charge in [-0.05, 0) is 117 Å². The van der Waals surface area contributed by atoms with Crippen LogP contribution in [0.3, 0.4) is 0 Å². The van der Waals surface area contributed by atoms with E-state index in [1.54, 1.807) is 0 Å². The number of fused-ring (bicyclic) bond motifs is 11. The fourth-order valence-electron chi connectivity index (χ4n) is 10.0. The van der Waals surface area contributed by atoms with Gasteiger partial charge in [-0.15, -0.1) is 11.3 Å². The van der Waals surface area contributed by atoms with Gasteiger partial charge >= 0.3 is 0 Å². The van der Waals surface area contributed by atoms with Crippen LogP contribution >= 0.6 is 11.3 Å². The van der Waals surface area contributed by atoms with Gasteiger partial charge in [0.2, 0.25) is 0 Å². The van der Waals surface area contributed by atoms with E-state index >= 15 is 0 Å². The average Bonchev–Trinajstić information content (AvgIpc) is 3.74. The SMILES string of the molecule is CC1(C)c2ccccc2-c2c1cc1c(sc3ccc4ccccc4c31)c2-c1ccc2cc(-c3c4ccccc4c(-c4ccccc4)c4ccccc34)ccc2c1. The summed E-state index contributed by atoms with van der Waals surface area (Å²) in [4.78, 5) is 0. The fourth-order valence-corrected chi connectivity index (χ4v) is 11.3. The molecule has 1 aliphatic carbocycles. The first-order valence-corrected chi connectivity index (χ1v) is 20.4. The van der Waals surface area contributed by atoms with Gasteiger partial charge < -0.3 is 0 Å². The van der Waals surface area contributed by atoms with Gasteiger partial charge in [-0.25, -0.2) is 0 Å². The fraction of sp³-hybridized carbons (Fsp3) is 0.0545. The normalized spacial score (nSPS) is 13.3. The van der Waals surface area contributed by atoms with Crippen LogP contribution in [0.25, 0.3) is 108 Å². The number of hydrogen-bond acceptors (Lipinski definition) is 1. The van der Waals surface area contributed by atoms with E-state index in [0.717, 1.165) is 0 Å². The molecule has 11 aromatic rings. The Balaban J connectivity index is 1.10. The van der Waals surface area contributed by atoms with Crippen LogP contribution in [0.4, 0.5) is 0 Å². The molecule has 1 heteroatoms. The zero-order chi connectivity index (χ0) is 37.1. The van der Waals surface area contributed by atoms with E-state index < -0.39 is 0 Å². The topological polar surface area (TPSA) is 0 Å². The van der Waals surface area contributed by atoms with Gasteiger partial charge in [-0.3, -0.25) is 0 Å². The Morgan fingerprint density at radius 3 is 1.57 bits per heavy atom. The average molecular weight is 729 g/mol. The smallest absolute Gasteiger partial charge is 0.0440 e. The van der Waals surface area contributed by atoms with Gasteiger partial charge in [0.15, 0.2) is 0 Å². The summed E-state index contributed by atoms with van der Waals surface area (Å²) in [6.45, 7) is 4.81. The molecule has 1 aromatic heterocycles. The maximum absolute atomic E-state index is 2.53. The molecule has 10 aromatic carbocycles. The lowest BCUT2D eigenvalue weighted by Crippen LogP contribution is -2.14. The summed E-state index contributed by atoms with van der Waals surface area (Å²) in [6.07, 6.45) is 0. The van der Waals surface area contributed by atoms with Crippen LogP contribution in [0, 0.1) is 0 Å². The van der Waals surface area contributed by atoms with Crippen LogP contribution in [0.15, 0.2) is 182 Å². The molecule has 0 bridgehead atoms. The molecule has 1 aliphatic rings. The second-order valence-electron chi connectivity index (χ2n) is 16.0. The molecular formula is C55H36S. The van der Waals surface area contributed by atoms with E-state index in [2.05, 4.69) is 196 Å². The highest BCUT2D eigenvalue weighted by Crippen LogP contribution is 2.57. The lowest BCUT2D eigenvalue weighted by Gasteiger charge is -2.22. The summed E-state index contributed by atoms with van der Waals surface area (Å²) in [6, 6.07) is 68.1. The molecule has 0 spiro atoms. The summed E-state index contributed by atoms with van der Waals surface area (Å²) in [7, 11) is 0. The van der Waals surface area contributed by atoms with Crippen molar-refractivity contribution in [2.45, 2.75) is 19.3 Å². The monoisotopic (exact) mass is 728 g/mol. The Kier molecular flexibility index (Phi) is 6.66. The van der Waals surface area contributed by atoms with Gasteiger partial charge in [0.05, 0.1) is 0 Å². The molecule has 12 rings (SSSR count). The Bertz CT molecular complexity index is 3380. The summed E-state index contributed by atoms with van der Waals surface area (Å²) in [5.74, 6) is 0. The molecule has 1 heterocycles. The molecule has 56 heavy (non-hydrogen) atoms. The van der Waals surface area contributed by atoms with Gasteiger partial charge in [0.25, 0.3) is 0 Å². The first-order valence-electron chi connectivity index (χ1n) is 19.6. The second-order valence-corrected chi connectivity index (χ2v) is 17.0. The third-order valence-corrected chi connectivity index (χ3v) is 13.8. The van der Waals surface area contributed by atoms with Gasteiger partial charge in [-0.1, -0.05) is 172 Å². The number of benzene rings is 10. The van der Waals surface area contributed by atoms with Crippen LogP contribution in [0.1, 0.15) is 25.0 Å². The highest BCUT2D eigenvalue weighted by molar-refractivity contribution is 7.26. The zero-order valence-corrected chi connectivity index (χ0v) is 32.0. The molecule has 0 amide bonds. The van der Waals surface area contributed by atoms with Gasteiger partial charge in [0, 0.05) is 31.2 Å². The summed E-state index contributed by atoms with van der Waals surface area (Å²) in [5.41, 5.74) is 13.2. The maximum atomic E-state index is 2.53. The minimum atomic E-state index is -0.110. The van der Waals surface area contributed by atoms with Crippen molar-refractivity contribution in [2.75, 3.05) is 0 Å². The van der Waals surface area contributed by atoms with Crippen LogP contribution in [0.5, 0.6) is 0 Å². The van der Waals surface area contributed by atoms with Crippen molar-refractivity contribution in [3.8, 4) is 44.5 Å². The number of rotatable bonds is 3. The quantitative estimate of drug-likeness (QED) is 0.159. The Morgan fingerprint density at radius 2 is 0.893 bits per heavy atom. The van der Waals surface area contributed by atoms with Crippen LogP contribution < -0.4 is 0 Å². The maximum Gasteiger partial charge on any atom is 0.0440 e. The molecule has 0 aliphatic heterocycles. The molecule has 0 fully saturated rings. The molecule has 0 saturated heterocycles. The summed E-state index contributed by atoms with van der Waals surface area (Å²) in [5, 5.41) is 13.0. The van der Waals surface area contributed by atoms with E-state index in [1.165, 1.54) is 119 Å². The van der Waals surface area contributed by atoms with Crippen LogP contribution in [-0.4, -0.2) is 0 Å². The summed E-state index contributed by atoms with van der Waals surface area (Å²) < 4.78 is 2.72. The Labute approximate surface area is 329 Å². The van der Waals surface area contributed by atoms with E-state index in [1.807, 2.05) is 11.3 Å². The Morgan fingerprint density at radius 1 is 0.357 bits per heavy atom. The lowest BCUT2D eigenvalue weighted by atomic mass is 9.81. The van der Waals surface area contributed by atoms with E-state index in [-0.39, 0.29) is 5.41 Å². The largest absolute Gasteiger partial charge is 0.134 e.